The highest BCUT2D eigenvalue weighted by molar-refractivity contribution is 5.83. The van der Waals surface area contributed by atoms with Gasteiger partial charge in [-0.15, -0.1) is 0 Å². The number of nitrogens with zero attached hydrogens (tertiary/aromatic N) is 1. The molecular formula is C17H23FN2O. The summed E-state index contributed by atoms with van der Waals surface area (Å²) in [6.45, 7) is 4.53. The van der Waals surface area contributed by atoms with Crippen LogP contribution < -0.4 is 5.32 Å². The van der Waals surface area contributed by atoms with Crippen molar-refractivity contribution in [3.63, 3.8) is 0 Å². The number of benzene rings is 1. The molecule has 1 N–H and O–H groups in total. The molecule has 0 bridgehead atoms. The summed E-state index contributed by atoms with van der Waals surface area (Å²) in [5.41, 5.74) is 0.766. The normalized spacial score (nSPS) is 21.0. The van der Waals surface area contributed by atoms with Crippen molar-refractivity contribution in [3.8, 4) is 0 Å². The first-order valence-corrected chi connectivity index (χ1v) is 7.85. The zero-order valence-electron chi connectivity index (χ0n) is 12.6. The third-order valence-electron chi connectivity index (χ3n) is 4.74. The Morgan fingerprint density at radius 3 is 2.48 bits per heavy atom. The number of carbonyl (C=O) groups excluding carboxylic acids is 1. The number of nitrogens with one attached hydrogen (secondary N) is 1. The van der Waals surface area contributed by atoms with Crippen LogP contribution in [0.4, 0.5) is 4.39 Å². The molecule has 1 aliphatic heterocycles. The second-order valence-corrected chi connectivity index (χ2v) is 6.60. The lowest BCUT2D eigenvalue weighted by molar-refractivity contribution is -0.144. The highest BCUT2D eigenvalue weighted by Crippen LogP contribution is 2.36. The summed E-state index contributed by atoms with van der Waals surface area (Å²) in [6, 6.07) is 6.88. The minimum atomic E-state index is -0.242. The smallest absolute Gasteiger partial charge is 0.229 e. The van der Waals surface area contributed by atoms with Crippen molar-refractivity contribution in [2.75, 3.05) is 13.1 Å². The van der Waals surface area contributed by atoms with E-state index >= 15 is 0 Å². The molecule has 3 rings (SSSR count). The SMILES string of the molecule is CC1(C(=O)N(Cc2ccc(F)cc2)C2CC2)CCNCC1. The quantitative estimate of drug-likeness (QED) is 0.924. The van der Waals surface area contributed by atoms with Gasteiger partial charge in [0, 0.05) is 18.0 Å². The fourth-order valence-electron chi connectivity index (χ4n) is 3.08. The van der Waals surface area contributed by atoms with E-state index in [1.54, 1.807) is 12.1 Å². The predicted octanol–water partition coefficient (Wildman–Crippen LogP) is 2.71. The molecule has 0 spiro atoms. The Hall–Kier alpha value is -1.42. The van der Waals surface area contributed by atoms with Crippen LogP contribution in [0.15, 0.2) is 24.3 Å². The first-order chi connectivity index (χ1) is 10.1. The maximum absolute atomic E-state index is 13.0. The molecular weight excluding hydrogens is 267 g/mol. The van der Waals surface area contributed by atoms with Crippen LogP contribution in [-0.2, 0) is 11.3 Å². The van der Waals surface area contributed by atoms with Crippen LogP contribution in [-0.4, -0.2) is 29.9 Å². The fourth-order valence-corrected chi connectivity index (χ4v) is 3.08. The summed E-state index contributed by atoms with van der Waals surface area (Å²) in [5.74, 6) is 0.0455. The highest BCUT2D eigenvalue weighted by Gasteiger charge is 2.42. The van der Waals surface area contributed by atoms with Gasteiger partial charge in [-0.1, -0.05) is 19.1 Å². The van der Waals surface area contributed by atoms with E-state index in [-0.39, 0.29) is 17.1 Å². The molecule has 1 amide bonds. The molecule has 0 radical (unpaired) electrons. The second-order valence-electron chi connectivity index (χ2n) is 6.60. The lowest BCUT2D eigenvalue weighted by atomic mass is 9.79. The van der Waals surface area contributed by atoms with Gasteiger partial charge in [-0.3, -0.25) is 4.79 Å². The Morgan fingerprint density at radius 2 is 1.90 bits per heavy atom. The van der Waals surface area contributed by atoms with Gasteiger partial charge in [0.15, 0.2) is 0 Å². The summed E-state index contributed by atoms with van der Waals surface area (Å²) in [5, 5.41) is 3.32. The van der Waals surface area contributed by atoms with Gasteiger partial charge in [-0.05, 0) is 56.5 Å². The van der Waals surface area contributed by atoms with Crippen LogP contribution in [0.5, 0.6) is 0 Å². The van der Waals surface area contributed by atoms with Crippen molar-refractivity contribution in [2.45, 2.75) is 45.2 Å². The summed E-state index contributed by atoms with van der Waals surface area (Å²) in [6.07, 6.45) is 4.00. The second kappa shape index (κ2) is 5.76. The topological polar surface area (TPSA) is 32.3 Å². The maximum atomic E-state index is 13.0. The Kier molecular flexibility index (Phi) is 3.98. The summed E-state index contributed by atoms with van der Waals surface area (Å²) < 4.78 is 13.0. The van der Waals surface area contributed by atoms with Gasteiger partial charge in [0.2, 0.25) is 5.91 Å². The third kappa shape index (κ3) is 3.26. The van der Waals surface area contributed by atoms with Gasteiger partial charge in [-0.2, -0.15) is 0 Å². The first-order valence-electron chi connectivity index (χ1n) is 7.85. The van der Waals surface area contributed by atoms with E-state index in [4.69, 9.17) is 0 Å². The van der Waals surface area contributed by atoms with Crippen molar-refractivity contribution in [1.29, 1.82) is 0 Å². The van der Waals surface area contributed by atoms with Crippen molar-refractivity contribution in [3.05, 3.63) is 35.6 Å². The minimum absolute atomic E-state index is 0.228. The van der Waals surface area contributed by atoms with E-state index in [1.807, 2.05) is 4.90 Å². The zero-order chi connectivity index (χ0) is 14.9. The fraction of sp³-hybridized carbons (Fsp3) is 0.588. The highest BCUT2D eigenvalue weighted by atomic mass is 19.1. The number of amides is 1. The van der Waals surface area contributed by atoms with Gasteiger partial charge in [0.1, 0.15) is 5.82 Å². The van der Waals surface area contributed by atoms with E-state index in [0.717, 1.165) is 44.3 Å². The lowest BCUT2D eigenvalue weighted by Crippen LogP contribution is -2.48. The zero-order valence-corrected chi connectivity index (χ0v) is 12.6. The van der Waals surface area contributed by atoms with E-state index < -0.39 is 0 Å². The average molecular weight is 290 g/mol. The molecule has 0 aromatic heterocycles. The number of hydrogen-bond donors (Lipinski definition) is 1. The van der Waals surface area contributed by atoms with Crippen LogP contribution in [0.25, 0.3) is 0 Å². The molecule has 1 saturated heterocycles. The molecule has 1 saturated carbocycles. The van der Waals surface area contributed by atoms with Gasteiger partial charge in [0.05, 0.1) is 0 Å². The van der Waals surface area contributed by atoms with E-state index in [9.17, 15) is 9.18 Å². The first kappa shape index (κ1) is 14.5. The van der Waals surface area contributed by atoms with Crippen molar-refractivity contribution in [2.24, 2.45) is 5.41 Å². The van der Waals surface area contributed by atoms with Crippen LogP contribution in [0, 0.1) is 11.2 Å². The molecule has 21 heavy (non-hydrogen) atoms. The Bertz CT molecular complexity index is 504. The number of carbonyl (C=O) groups is 1. The molecule has 3 nitrogen and oxygen atoms in total. The monoisotopic (exact) mass is 290 g/mol. The van der Waals surface area contributed by atoms with Gasteiger partial charge in [-0.25, -0.2) is 4.39 Å². The third-order valence-corrected chi connectivity index (χ3v) is 4.74. The molecule has 1 aromatic carbocycles. The van der Waals surface area contributed by atoms with Crippen molar-refractivity contribution >= 4 is 5.91 Å². The molecule has 1 aromatic rings. The molecule has 4 heteroatoms. The number of rotatable bonds is 4. The molecule has 2 aliphatic rings. The molecule has 1 aliphatic carbocycles. The molecule has 1 heterocycles. The van der Waals surface area contributed by atoms with E-state index in [2.05, 4.69) is 12.2 Å². The summed E-state index contributed by atoms with van der Waals surface area (Å²) in [7, 11) is 0. The van der Waals surface area contributed by atoms with Gasteiger partial charge in [0.25, 0.3) is 0 Å². The van der Waals surface area contributed by atoms with Gasteiger partial charge < -0.3 is 10.2 Å². The van der Waals surface area contributed by atoms with Crippen molar-refractivity contribution < 1.29 is 9.18 Å². The lowest BCUT2D eigenvalue weighted by Gasteiger charge is -2.37. The van der Waals surface area contributed by atoms with Crippen LogP contribution >= 0.6 is 0 Å². The number of hydrogen-bond acceptors (Lipinski definition) is 2. The Morgan fingerprint density at radius 1 is 1.29 bits per heavy atom. The molecule has 114 valence electrons. The Balaban J connectivity index is 1.74. The van der Waals surface area contributed by atoms with Crippen LogP contribution in [0.1, 0.15) is 38.2 Å². The van der Waals surface area contributed by atoms with Crippen molar-refractivity contribution in [1.82, 2.24) is 10.2 Å². The van der Waals surface area contributed by atoms with E-state index in [1.165, 1.54) is 12.1 Å². The van der Waals surface area contributed by atoms with Crippen LogP contribution in [0.2, 0.25) is 0 Å². The molecule has 0 atom stereocenters. The average Bonchev–Trinajstić information content (AvgIpc) is 3.31. The maximum Gasteiger partial charge on any atom is 0.229 e. The standard InChI is InChI=1S/C17H23FN2O/c1-17(8-10-19-11-9-17)16(21)20(15-6-7-15)12-13-2-4-14(18)5-3-13/h2-5,15,19H,6-12H2,1H3. The van der Waals surface area contributed by atoms with Gasteiger partial charge >= 0.3 is 0 Å². The summed E-state index contributed by atoms with van der Waals surface area (Å²) >= 11 is 0. The number of halogens is 1. The Labute approximate surface area is 125 Å². The molecule has 2 fully saturated rings. The number of piperidine rings is 1. The largest absolute Gasteiger partial charge is 0.335 e. The summed E-state index contributed by atoms with van der Waals surface area (Å²) in [4.78, 5) is 15.0. The molecule has 0 unspecified atom stereocenters. The predicted molar refractivity (Wildman–Crippen MR) is 80.2 cm³/mol. The minimum Gasteiger partial charge on any atom is -0.335 e. The van der Waals surface area contributed by atoms with Crippen LogP contribution in [0.3, 0.4) is 0 Å². The van der Waals surface area contributed by atoms with E-state index in [0.29, 0.717) is 12.6 Å².